The molecule has 0 saturated carbocycles. The van der Waals surface area contributed by atoms with Crippen molar-refractivity contribution in [1.29, 1.82) is 0 Å². The maximum absolute atomic E-state index is 13.0. The first-order valence-electron chi connectivity index (χ1n) is 11.2. The highest BCUT2D eigenvalue weighted by molar-refractivity contribution is 7.98. The van der Waals surface area contributed by atoms with Crippen LogP contribution in [0.5, 0.6) is 5.75 Å². The molecule has 1 aliphatic rings. The molecule has 0 radical (unpaired) electrons. The highest BCUT2D eigenvalue weighted by atomic mass is 32.2. The lowest BCUT2D eigenvalue weighted by Crippen LogP contribution is -2.24. The van der Waals surface area contributed by atoms with Crippen LogP contribution in [0.1, 0.15) is 23.7 Å². The minimum atomic E-state index is 0.0429. The molecule has 2 heterocycles. The van der Waals surface area contributed by atoms with Gasteiger partial charge in [-0.3, -0.25) is 4.79 Å². The third kappa shape index (κ3) is 4.35. The maximum atomic E-state index is 13.0. The van der Waals surface area contributed by atoms with Gasteiger partial charge >= 0.3 is 0 Å². The summed E-state index contributed by atoms with van der Waals surface area (Å²) in [5.74, 6) is 2.05. The zero-order chi connectivity index (χ0) is 22.8. The average molecular weight is 458 g/mol. The summed E-state index contributed by atoms with van der Waals surface area (Å²) in [7, 11) is 0. The van der Waals surface area contributed by atoms with Gasteiger partial charge in [0.05, 0.1) is 17.6 Å². The number of hydrogen-bond donors (Lipinski definition) is 0. The molecular formula is C27H27N3O2S. The van der Waals surface area contributed by atoms with E-state index in [9.17, 15) is 4.79 Å². The Labute approximate surface area is 198 Å². The Hall–Kier alpha value is -3.25. The van der Waals surface area contributed by atoms with Gasteiger partial charge in [0.2, 0.25) is 5.91 Å². The Morgan fingerprint density at radius 1 is 1.06 bits per heavy atom. The predicted molar refractivity (Wildman–Crippen MR) is 134 cm³/mol. The van der Waals surface area contributed by atoms with Crippen molar-refractivity contribution in [3.63, 3.8) is 0 Å². The molecule has 1 aromatic heterocycles. The first kappa shape index (κ1) is 21.6. The van der Waals surface area contributed by atoms with E-state index in [-0.39, 0.29) is 11.8 Å². The number of carbonyl (C=O) groups is 1. The van der Waals surface area contributed by atoms with Gasteiger partial charge in [0.1, 0.15) is 18.2 Å². The molecule has 1 fully saturated rings. The summed E-state index contributed by atoms with van der Waals surface area (Å²) in [4.78, 5) is 21.0. The smallest absolute Gasteiger partial charge is 0.227 e. The summed E-state index contributed by atoms with van der Waals surface area (Å²) in [5, 5.41) is 0. The fraction of sp³-hybridized carbons (Fsp3) is 0.259. The van der Waals surface area contributed by atoms with Crippen molar-refractivity contribution in [2.24, 2.45) is 0 Å². The summed E-state index contributed by atoms with van der Waals surface area (Å²) < 4.78 is 8.32. The molecule has 33 heavy (non-hydrogen) atoms. The molecule has 0 spiro atoms. The molecule has 5 nitrogen and oxygen atoms in total. The number of hydrogen-bond acceptors (Lipinski definition) is 4. The van der Waals surface area contributed by atoms with Crippen LogP contribution >= 0.6 is 11.8 Å². The Morgan fingerprint density at radius 3 is 2.73 bits per heavy atom. The minimum Gasteiger partial charge on any atom is -0.491 e. The van der Waals surface area contributed by atoms with E-state index in [0.29, 0.717) is 26.1 Å². The normalized spacial score (nSPS) is 16.0. The van der Waals surface area contributed by atoms with E-state index in [1.54, 1.807) is 11.8 Å². The number of anilines is 1. The van der Waals surface area contributed by atoms with Crippen molar-refractivity contribution >= 4 is 34.4 Å². The fourth-order valence-electron chi connectivity index (χ4n) is 4.51. The summed E-state index contributed by atoms with van der Waals surface area (Å²) in [6.45, 7) is 3.91. The van der Waals surface area contributed by atoms with Gasteiger partial charge in [0.15, 0.2) is 0 Å². The molecule has 1 saturated heterocycles. The van der Waals surface area contributed by atoms with E-state index in [1.807, 2.05) is 53.4 Å². The summed E-state index contributed by atoms with van der Waals surface area (Å²) in [5.41, 5.74) is 4.12. The molecular weight excluding hydrogens is 430 g/mol. The lowest BCUT2D eigenvalue weighted by molar-refractivity contribution is -0.117. The van der Waals surface area contributed by atoms with Crippen LogP contribution in [0.15, 0.2) is 77.7 Å². The number of aryl methyl sites for hydroxylation is 1. The van der Waals surface area contributed by atoms with Gasteiger partial charge in [0, 0.05) is 29.5 Å². The second-order valence-electron chi connectivity index (χ2n) is 8.33. The number of imidazole rings is 1. The largest absolute Gasteiger partial charge is 0.491 e. The number of ether oxygens (including phenoxy) is 1. The topological polar surface area (TPSA) is 47.4 Å². The number of thioether (sulfide) groups is 1. The zero-order valence-corrected chi connectivity index (χ0v) is 19.7. The fourth-order valence-corrected chi connectivity index (χ4v) is 4.97. The number of benzene rings is 3. The van der Waals surface area contributed by atoms with Gasteiger partial charge < -0.3 is 14.2 Å². The third-order valence-corrected chi connectivity index (χ3v) is 6.93. The van der Waals surface area contributed by atoms with E-state index in [2.05, 4.69) is 42.0 Å². The number of rotatable bonds is 7. The van der Waals surface area contributed by atoms with E-state index < -0.39 is 0 Å². The van der Waals surface area contributed by atoms with Gasteiger partial charge in [-0.2, -0.15) is 0 Å². The highest BCUT2D eigenvalue weighted by Crippen LogP contribution is 2.34. The Kier molecular flexibility index (Phi) is 6.09. The first-order valence-corrected chi connectivity index (χ1v) is 12.4. The molecule has 1 aliphatic heterocycles. The Morgan fingerprint density at radius 2 is 1.88 bits per heavy atom. The van der Waals surface area contributed by atoms with E-state index in [0.717, 1.165) is 38.8 Å². The second-order valence-corrected chi connectivity index (χ2v) is 9.21. The summed E-state index contributed by atoms with van der Waals surface area (Å²) in [6, 6.07) is 24.4. The number of fused-ring (bicyclic) bond motifs is 1. The molecule has 1 atom stereocenters. The standard InChI is InChI=1S/C27H27N3O2S/c1-19-8-3-6-13-25(19)32-15-14-29-24-12-5-4-11-23(24)28-27(29)20-16-26(31)30(18-20)21-9-7-10-22(17-21)33-2/h3-13,17,20H,14-16,18H2,1-2H3/t20-/m1/s1. The first-order chi connectivity index (χ1) is 16.1. The lowest BCUT2D eigenvalue weighted by atomic mass is 10.1. The molecule has 168 valence electrons. The van der Waals surface area contributed by atoms with E-state index >= 15 is 0 Å². The third-order valence-electron chi connectivity index (χ3n) is 6.21. The number of para-hydroxylation sites is 3. The molecule has 0 unspecified atom stereocenters. The zero-order valence-electron chi connectivity index (χ0n) is 18.9. The minimum absolute atomic E-state index is 0.0429. The van der Waals surface area contributed by atoms with E-state index in [4.69, 9.17) is 9.72 Å². The van der Waals surface area contributed by atoms with Crippen molar-refractivity contribution in [3.05, 3.63) is 84.2 Å². The quantitative estimate of drug-likeness (QED) is 0.336. The molecule has 3 aromatic carbocycles. The van der Waals surface area contributed by atoms with Crippen LogP contribution in [0, 0.1) is 6.92 Å². The monoisotopic (exact) mass is 457 g/mol. The number of aromatic nitrogens is 2. The molecule has 0 aliphatic carbocycles. The van der Waals surface area contributed by atoms with Crippen molar-refractivity contribution in [1.82, 2.24) is 9.55 Å². The van der Waals surface area contributed by atoms with Crippen LogP contribution in [-0.2, 0) is 11.3 Å². The van der Waals surface area contributed by atoms with Gasteiger partial charge in [0.25, 0.3) is 0 Å². The average Bonchev–Trinajstić information content (AvgIpc) is 3.41. The SMILES string of the molecule is CSc1cccc(N2C[C@H](c3nc4ccccc4n3CCOc3ccccc3C)CC2=O)c1. The molecule has 0 bridgehead atoms. The second kappa shape index (κ2) is 9.32. The van der Waals surface area contributed by atoms with Crippen molar-refractivity contribution in [3.8, 4) is 5.75 Å². The number of nitrogens with zero attached hydrogens (tertiary/aromatic N) is 3. The van der Waals surface area contributed by atoms with Gasteiger partial charge in [-0.05, 0) is 55.1 Å². The number of carbonyl (C=O) groups excluding carboxylic acids is 1. The number of amides is 1. The Balaban J connectivity index is 1.41. The van der Waals surface area contributed by atoms with Gasteiger partial charge in [-0.15, -0.1) is 11.8 Å². The molecule has 1 amide bonds. The van der Waals surface area contributed by atoms with Crippen LogP contribution in [-0.4, -0.2) is 34.9 Å². The molecule has 5 rings (SSSR count). The van der Waals surface area contributed by atoms with Gasteiger partial charge in [-0.25, -0.2) is 4.98 Å². The van der Waals surface area contributed by atoms with Crippen LogP contribution in [0.25, 0.3) is 11.0 Å². The highest BCUT2D eigenvalue weighted by Gasteiger charge is 2.34. The van der Waals surface area contributed by atoms with Gasteiger partial charge in [-0.1, -0.05) is 36.4 Å². The van der Waals surface area contributed by atoms with Crippen molar-refractivity contribution in [2.45, 2.75) is 30.7 Å². The van der Waals surface area contributed by atoms with Crippen LogP contribution < -0.4 is 9.64 Å². The molecule has 6 heteroatoms. The van der Waals surface area contributed by atoms with E-state index in [1.165, 1.54) is 0 Å². The molecule has 4 aromatic rings. The van der Waals surface area contributed by atoms with Crippen molar-refractivity contribution < 1.29 is 9.53 Å². The lowest BCUT2D eigenvalue weighted by Gasteiger charge is -2.18. The summed E-state index contributed by atoms with van der Waals surface area (Å²) in [6.07, 6.45) is 2.51. The van der Waals surface area contributed by atoms with Crippen LogP contribution in [0.4, 0.5) is 5.69 Å². The van der Waals surface area contributed by atoms with Crippen LogP contribution in [0.3, 0.4) is 0 Å². The molecule has 0 N–H and O–H groups in total. The van der Waals surface area contributed by atoms with Crippen molar-refractivity contribution in [2.75, 3.05) is 24.3 Å². The Bertz CT molecular complexity index is 1300. The summed E-state index contributed by atoms with van der Waals surface area (Å²) >= 11 is 1.69. The maximum Gasteiger partial charge on any atom is 0.227 e. The predicted octanol–water partition coefficient (Wildman–Crippen LogP) is 5.67. The van der Waals surface area contributed by atoms with Crippen LogP contribution in [0.2, 0.25) is 0 Å².